The molecule has 0 aromatic carbocycles. The minimum Gasteiger partial charge on any atom is -0.342 e. The first-order valence-corrected chi connectivity index (χ1v) is 8.14. The zero-order chi connectivity index (χ0) is 16.5. The Morgan fingerprint density at radius 1 is 1.14 bits per heavy atom. The van der Waals surface area contributed by atoms with Crippen LogP contribution in [0.5, 0.6) is 0 Å². The molecule has 1 heterocycles. The van der Waals surface area contributed by atoms with E-state index in [1.807, 2.05) is 25.7 Å². The van der Waals surface area contributed by atoms with Crippen molar-refractivity contribution in [3.8, 4) is 0 Å². The molecule has 1 rings (SSSR count). The van der Waals surface area contributed by atoms with Crippen LogP contribution in [0.1, 0.15) is 61.8 Å². The van der Waals surface area contributed by atoms with Gasteiger partial charge in [0.15, 0.2) is 0 Å². The Morgan fingerprint density at radius 3 is 2.05 bits per heavy atom. The Morgan fingerprint density at radius 2 is 1.67 bits per heavy atom. The van der Waals surface area contributed by atoms with Gasteiger partial charge < -0.3 is 10.2 Å². The van der Waals surface area contributed by atoms with Gasteiger partial charge >= 0.3 is 0 Å². The van der Waals surface area contributed by atoms with Crippen molar-refractivity contribution in [3.05, 3.63) is 0 Å². The second-order valence-electron chi connectivity index (χ2n) is 7.85. The van der Waals surface area contributed by atoms with Crippen LogP contribution in [0.2, 0.25) is 0 Å². The van der Waals surface area contributed by atoms with Crippen LogP contribution >= 0.6 is 0 Å². The van der Waals surface area contributed by atoms with E-state index < -0.39 is 0 Å². The number of hydrogen-bond donors (Lipinski definition) is 1. The van der Waals surface area contributed by atoms with Crippen molar-refractivity contribution in [2.75, 3.05) is 0 Å². The lowest BCUT2D eigenvalue weighted by atomic mass is 9.82. The highest BCUT2D eigenvalue weighted by atomic mass is 16.2. The Bertz CT molecular complexity index is 398. The number of hydrogen-bond acceptors (Lipinski definition) is 2. The van der Waals surface area contributed by atoms with Gasteiger partial charge in [-0.25, -0.2) is 0 Å². The minimum absolute atomic E-state index is 0.00833. The summed E-state index contributed by atoms with van der Waals surface area (Å²) in [7, 11) is 0. The molecule has 0 saturated carbocycles. The predicted octanol–water partition coefficient (Wildman–Crippen LogP) is 2.82. The lowest BCUT2D eigenvalue weighted by Gasteiger charge is -2.48. The molecule has 1 fully saturated rings. The summed E-state index contributed by atoms with van der Waals surface area (Å²) in [6.07, 6.45) is 0.876. The van der Waals surface area contributed by atoms with E-state index in [4.69, 9.17) is 0 Å². The molecule has 4 unspecified atom stereocenters. The third-order valence-corrected chi connectivity index (χ3v) is 4.90. The molecule has 0 aliphatic carbocycles. The third kappa shape index (κ3) is 3.58. The third-order valence-electron chi connectivity index (χ3n) is 4.90. The molecule has 122 valence electrons. The van der Waals surface area contributed by atoms with Gasteiger partial charge in [0, 0.05) is 6.04 Å². The molecule has 4 nitrogen and oxygen atoms in total. The van der Waals surface area contributed by atoms with Crippen LogP contribution < -0.4 is 5.32 Å². The average Bonchev–Trinajstić information content (AvgIpc) is 2.37. The van der Waals surface area contributed by atoms with Gasteiger partial charge in [0.25, 0.3) is 0 Å². The first kappa shape index (κ1) is 18.0. The maximum absolute atomic E-state index is 13.0. The number of rotatable bonds is 4. The maximum Gasteiger partial charge on any atom is 0.246 e. The molecule has 1 aliphatic heterocycles. The number of carbonyl (C=O) groups is 2. The zero-order valence-electron chi connectivity index (χ0n) is 14.9. The summed E-state index contributed by atoms with van der Waals surface area (Å²) in [6.45, 7) is 16.5. The number of piperazine rings is 1. The van der Waals surface area contributed by atoms with Crippen molar-refractivity contribution in [3.63, 3.8) is 0 Å². The van der Waals surface area contributed by atoms with Crippen molar-refractivity contribution >= 4 is 11.8 Å². The van der Waals surface area contributed by atoms with Gasteiger partial charge in [-0.05, 0) is 24.2 Å². The standard InChI is InChI=1S/C17H32N2O2/c1-9-11(4)13-16(21)19(12(5)17(6,7)8)14(10(2)3)15(20)18-13/h10-14H,9H2,1-8H3,(H,18,20). The quantitative estimate of drug-likeness (QED) is 0.867. The second kappa shape index (κ2) is 6.37. The Kier molecular flexibility index (Phi) is 5.46. The first-order chi connectivity index (χ1) is 9.52. The predicted molar refractivity (Wildman–Crippen MR) is 85.8 cm³/mol. The smallest absolute Gasteiger partial charge is 0.246 e. The van der Waals surface area contributed by atoms with E-state index in [9.17, 15) is 9.59 Å². The summed E-state index contributed by atoms with van der Waals surface area (Å²) < 4.78 is 0. The molecule has 1 N–H and O–H groups in total. The average molecular weight is 296 g/mol. The molecule has 21 heavy (non-hydrogen) atoms. The van der Waals surface area contributed by atoms with Crippen molar-refractivity contribution < 1.29 is 9.59 Å². The summed E-state index contributed by atoms with van der Waals surface area (Å²) >= 11 is 0. The molecule has 4 heteroatoms. The van der Waals surface area contributed by atoms with Crippen molar-refractivity contribution in [2.24, 2.45) is 17.3 Å². The van der Waals surface area contributed by atoms with Gasteiger partial charge in [0.05, 0.1) is 0 Å². The molecule has 0 aromatic heterocycles. The molecule has 1 aliphatic rings. The summed E-state index contributed by atoms with van der Waals surface area (Å²) in [5.74, 6) is 0.330. The summed E-state index contributed by atoms with van der Waals surface area (Å²) in [6, 6.07) is -0.732. The zero-order valence-corrected chi connectivity index (χ0v) is 14.9. The SMILES string of the molecule is CCC(C)C1NC(=O)C(C(C)C)N(C(C)C(C)(C)C)C1=O. The Labute approximate surface area is 129 Å². The monoisotopic (exact) mass is 296 g/mol. The number of nitrogens with one attached hydrogen (secondary N) is 1. The molecule has 4 atom stereocenters. The molecule has 0 radical (unpaired) electrons. The van der Waals surface area contributed by atoms with Crippen LogP contribution in [-0.2, 0) is 9.59 Å². The molecule has 2 amide bonds. The number of amides is 2. The highest BCUT2D eigenvalue weighted by molar-refractivity contribution is 5.97. The Balaban J connectivity index is 3.21. The number of nitrogens with zero attached hydrogens (tertiary/aromatic N) is 1. The second-order valence-corrected chi connectivity index (χ2v) is 7.85. The fourth-order valence-electron chi connectivity index (χ4n) is 2.82. The highest BCUT2D eigenvalue weighted by Gasteiger charge is 2.47. The van der Waals surface area contributed by atoms with Crippen LogP contribution in [0.3, 0.4) is 0 Å². The molecular formula is C17H32N2O2. The van der Waals surface area contributed by atoms with Gasteiger partial charge in [-0.1, -0.05) is 54.9 Å². The maximum atomic E-state index is 13.0. The van der Waals surface area contributed by atoms with E-state index in [2.05, 4.69) is 39.9 Å². The van der Waals surface area contributed by atoms with Crippen LogP contribution in [0.15, 0.2) is 0 Å². The Hall–Kier alpha value is -1.06. The summed E-state index contributed by atoms with van der Waals surface area (Å²) in [5.41, 5.74) is -0.0551. The van der Waals surface area contributed by atoms with Gasteiger partial charge in [0.2, 0.25) is 11.8 Å². The van der Waals surface area contributed by atoms with Gasteiger partial charge in [-0.15, -0.1) is 0 Å². The van der Waals surface area contributed by atoms with E-state index in [0.717, 1.165) is 6.42 Å². The van der Waals surface area contributed by atoms with Gasteiger partial charge in [0.1, 0.15) is 12.1 Å². The van der Waals surface area contributed by atoms with Crippen molar-refractivity contribution in [1.29, 1.82) is 0 Å². The summed E-state index contributed by atoms with van der Waals surface area (Å²) in [5, 5.41) is 2.95. The van der Waals surface area contributed by atoms with E-state index in [1.54, 1.807) is 0 Å². The minimum atomic E-state index is -0.387. The van der Waals surface area contributed by atoms with Crippen LogP contribution in [-0.4, -0.2) is 34.8 Å². The van der Waals surface area contributed by atoms with E-state index in [1.165, 1.54) is 0 Å². The van der Waals surface area contributed by atoms with Crippen LogP contribution in [0.25, 0.3) is 0 Å². The van der Waals surface area contributed by atoms with Crippen LogP contribution in [0, 0.1) is 17.3 Å². The van der Waals surface area contributed by atoms with E-state index in [0.29, 0.717) is 0 Å². The largest absolute Gasteiger partial charge is 0.342 e. The first-order valence-electron chi connectivity index (χ1n) is 8.14. The summed E-state index contributed by atoms with van der Waals surface area (Å²) in [4.78, 5) is 27.4. The molecule has 1 saturated heterocycles. The highest BCUT2D eigenvalue weighted by Crippen LogP contribution is 2.31. The van der Waals surface area contributed by atoms with Gasteiger partial charge in [-0.3, -0.25) is 9.59 Å². The van der Waals surface area contributed by atoms with E-state index in [-0.39, 0.29) is 47.2 Å². The van der Waals surface area contributed by atoms with Crippen molar-refractivity contribution in [2.45, 2.75) is 79.9 Å². The fourth-order valence-corrected chi connectivity index (χ4v) is 2.82. The van der Waals surface area contributed by atoms with Gasteiger partial charge in [-0.2, -0.15) is 0 Å². The lowest BCUT2D eigenvalue weighted by Crippen LogP contribution is -2.69. The van der Waals surface area contributed by atoms with Crippen molar-refractivity contribution in [1.82, 2.24) is 10.2 Å². The molecular weight excluding hydrogens is 264 g/mol. The lowest BCUT2D eigenvalue weighted by molar-refractivity contribution is -0.158. The molecule has 0 spiro atoms. The fraction of sp³-hybridized carbons (Fsp3) is 0.882. The van der Waals surface area contributed by atoms with E-state index >= 15 is 0 Å². The normalized spacial score (nSPS) is 26.8. The number of carbonyl (C=O) groups excluding carboxylic acids is 2. The van der Waals surface area contributed by atoms with Crippen LogP contribution in [0.4, 0.5) is 0 Å². The topological polar surface area (TPSA) is 49.4 Å². The molecule has 0 aromatic rings. The molecule has 0 bridgehead atoms.